The molecule has 0 atom stereocenters. The third kappa shape index (κ3) is 5.59. The van der Waals surface area contributed by atoms with Gasteiger partial charge in [0.2, 0.25) is 0 Å². The number of aromatic nitrogens is 1. The lowest BCUT2D eigenvalue weighted by atomic mass is 9.90. The van der Waals surface area contributed by atoms with Gasteiger partial charge in [-0.1, -0.05) is 54.6 Å². The van der Waals surface area contributed by atoms with Crippen molar-refractivity contribution in [3.8, 4) is 11.3 Å². The molecule has 2 heterocycles. The number of fused-ring (bicyclic) bond motifs is 1. The molecule has 1 aromatic heterocycles. The van der Waals surface area contributed by atoms with E-state index >= 15 is 0 Å². The summed E-state index contributed by atoms with van der Waals surface area (Å²) in [5, 5.41) is 20.4. The van der Waals surface area contributed by atoms with E-state index in [0.717, 1.165) is 25.3 Å². The number of carbonyl (C=O) groups excluding carboxylic acids is 2. The largest absolute Gasteiger partial charge is 0.543 e. The van der Waals surface area contributed by atoms with Gasteiger partial charge in [0.1, 0.15) is 0 Å². The molecule has 1 aliphatic rings. The van der Waals surface area contributed by atoms with Gasteiger partial charge < -0.3 is 19.8 Å². The van der Waals surface area contributed by atoms with Crippen LogP contribution in [0.2, 0.25) is 0 Å². The summed E-state index contributed by atoms with van der Waals surface area (Å²) in [6.45, 7) is 9.29. The molecule has 0 spiro atoms. The van der Waals surface area contributed by atoms with Crippen molar-refractivity contribution in [2.24, 2.45) is 0 Å². The van der Waals surface area contributed by atoms with Crippen LogP contribution in [0, 0.1) is 6.92 Å². The average molecular weight is 431 g/mol. The molecule has 6 nitrogen and oxygen atoms in total. The first-order chi connectivity index (χ1) is 15.4. The Morgan fingerprint density at radius 2 is 1.69 bits per heavy atom. The molecule has 0 saturated carbocycles. The minimum Gasteiger partial charge on any atom is -0.543 e. The molecule has 6 heteroatoms. The van der Waals surface area contributed by atoms with E-state index in [1.807, 2.05) is 6.08 Å². The minimum atomic E-state index is -2.19. The maximum atomic E-state index is 8.93. The second kappa shape index (κ2) is 10.7. The number of hydrogen-bond acceptors (Lipinski definition) is 6. The Labute approximate surface area is 187 Å². The lowest BCUT2D eigenvalue weighted by Gasteiger charge is -2.31. The number of carboxylic acids is 2. The summed E-state index contributed by atoms with van der Waals surface area (Å²) in [7, 11) is 0. The fourth-order valence-electron chi connectivity index (χ4n) is 4.07. The monoisotopic (exact) mass is 430 g/mol. The lowest BCUT2D eigenvalue weighted by Crippen LogP contribution is -2.42. The number of rotatable bonds is 4. The molecule has 0 radical (unpaired) electrons. The van der Waals surface area contributed by atoms with Gasteiger partial charge in [-0.2, -0.15) is 0 Å². The van der Waals surface area contributed by atoms with Gasteiger partial charge in [-0.3, -0.25) is 9.88 Å². The first kappa shape index (κ1) is 23.2. The van der Waals surface area contributed by atoms with Crippen LogP contribution in [0.25, 0.3) is 22.0 Å². The van der Waals surface area contributed by atoms with Crippen molar-refractivity contribution in [1.29, 1.82) is 0 Å². The van der Waals surface area contributed by atoms with Crippen molar-refractivity contribution in [3.05, 3.63) is 78.5 Å². The third-order valence-corrected chi connectivity index (χ3v) is 5.72. The average Bonchev–Trinajstić information content (AvgIpc) is 2.80. The number of aliphatic carboxylic acids is 2. The third-order valence-electron chi connectivity index (χ3n) is 5.72. The molecule has 0 amide bonds. The number of hydrogen-bond donors (Lipinski definition) is 0. The zero-order valence-corrected chi connectivity index (χ0v) is 18.1. The SMILES string of the molecule is C=CCN1CCC(c2cc3ccccc3c(-c3ccccc3C)n2)CC1.O=C([O-])C(=O)[O-]. The van der Waals surface area contributed by atoms with E-state index in [-0.39, 0.29) is 0 Å². The molecule has 1 saturated heterocycles. The predicted molar refractivity (Wildman–Crippen MR) is 121 cm³/mol. The fourth-order valence-corrected chi connectivity index (χ4v) is 4.07. The number of carboxylic acid groups (broad SMARTS) is 2. The van der Waals surface area contributed by atoms with Gasteiger partial charge in [0, 0.05) is 29.1 Å². The second-order valence-corrected chi connectivity index (χ2v) is 7.87. The predicted octanol–water partition coefficient (Wildman–Crippen LogP) is 2.06. The molecule has 1 aliphatic heterocycles. The number of nitrogens with zero attached hydrogens (tertiary/aromatic N) is 2. The van der Waals surface area contributed by atoms with E-state index in [9.17, 15) is 0 Å². The maximum Gasteiger partial charge on any atom is 0.0870 e. The quantitative estimate of drug-likeness (QED) is 0.464. The van der Waals surface area contributed by atoms with Gasteiger partial charge >= 0.3 is 0 Å². The van der Waals surface area contributed by atoms with Gasteiger partial charge in [-0.15, -0.1) is 6.58 Å². The Bertz CT molecular complexity index is 1110. The summed E-state index contributed by atoms with van der Waals surface area (Å²) in [5.41, 5.74) is 4.91. The second-order valence-electron chi connectivity index (χ2n) is 7.87. The zero-order valence-electron chi connectivity index (χ0n) is 18.1. The highest BCUT2D eigenvalue weighted by Crippen LogP contribution is 2.34. The first-order valence-corrected chi connectivity index (χ1v) is 10.6. The minimum absolute atomic E-state index is 0.545. The van der Waals surface area contributed by atoms with E-state index < -0.39 is 11.9 Å². The summed E-state index contributed by atoms with van der Waals surface area (Å²) in [6.07, 6.45) is 4.35. The smallest absolute Gasteiger partial charge is 0.0870 e. The van der Waals surface area contributed by atoms with E-state index in [2.05, 4.69) is 73.0 Å². The van der Waals surface area contributed by atoms with Crippen molar-refractivity contribution in [3.63, 3.8) is 0 Å². The zero-order chi connectivity index (χ0) is 23.1. The Kier molecular flexibility index (Phi) is 7.73. The van der Waals surface area contributed by atoms with Crippen LogP contribution in [0.5, 0.6) is 0 Å². The number of piperidine rings is 1. The maximum absolute atomic E-state index is 8.93. The number of benzene rings is 2. The van der Waals surface area contributed by atoms with Crippen molar-refractivity contribution >= 4 is 22.7 Å². The van der Waals surface area contributed by atoms with Gasteiger partial charge in [0.05, 0.1) is 17.6 Å². The molecular formula is C26H26N2O4-2. The number of aryl methyl sites for hydroxylation is 1. The summed E-state index contributed by atoms with van der Waals surface area (Å²) in [4.78, 5) is 25.5. The Hall–Kier alpha value is -3.51. The molecule has 0 bridgehead atoms. The molecule has 4 rings (SSSR count). The fraction of sp³-hybridized carbons (Fsp3) is 0.269. The Balaban J connectivity index is 0.000000427. The Morgan fingerprint density at radius 3 is 2.31 bits per heavy atom. The highest BCUT2D eigenvalue weighted by Gasteiger charge is 2.22. The van der Waals surface area contributed by atoms with Crippen LogP contribution in [0.1, 0.15) is 30.0 Å². The summed E-state index contributed by atoms with van der Waals surface area (Å²) in [5.74, 6) is -3.83. The topological polar surface area (TPSA) is 96.4 Å². The van der Waals surface area contributed by atoms with Crippen LogP contribution < -0.4 is 10.2 Å². The number of pyridine rings is 1. The van der Waals surface area contributed by atoms with E-state index in [4.69, 9.17) is 24.8 Å². The van der Waals surface area contributed by atoms with Gasteiger partial charge in [0.25, 0.3) is 0 Å². The van der Waals surface area contributed by atoms with Crippen LogP contribution >= 0.6 is 0 Å². The molecule has 2 aromatic carbocycles. The molecule has 166 valence electrons. The van der Waals surface area contributed by atoms with E-state index in [1.165, 1.54) is 40.4 Å². The normalized spacial score (nSPS) is 14.4. The van der Waals surface area contributed by atoms with Crippen molar-refractivity contribution in [2.75, 3.05) is 19.6 Å². The molecule has 3 aromatic rings. The first-order valence-electron chi connectivity index (χ1n) is 10.6. The molecule has 0 unspecified atom stereocenters. The summed E-state index contributed by atoms with van der Waals surface area (Å²) in [6, 6.07) is 19.5. The Morgan fingerprint density at radius 1 is 1.06 bits per heavy atom. The van der Waals surface area contributed by atoms with Crippen molar-refractivity contribution in [1.82, 2.24) is 9.88 Å². The molecular weight excluding hydrogens is 404 g/mol. The van der Waals surface area contributed by atoms with Gasteiger partial charge in [0.15, 0.2) is 0 Å². The summed E-state index contributed by atoms with van der Waals surface area (Å²) < 4.78 is 0. The molecule has 0 N–H and O–H groups in total. The van der Waals surface area contributed by atoms with Crippen molar-refractivity contribution in [2.45, 2.75) is 25.7 Å². The summed E-state index contributed by atoms with van der Waals surface area (Å²) >= 11 is 0. The lowest BCUT2D eigenvalue weighted by molar-refractivity contribution is -0.345. The van der Waals surface area contributed by atoms with Crippen molar-refractivity contribution < 1.29 is 19.8 Å². The molecule has 32 heavy (non-hydrogen) atoms. The van der Waals surface area contributed by atoms with Crippen LogP contribution in [0.4, 0.5) is 0 Å². The van der Waals surface area contributed by atoms with Crippen LogP contribution in [0.3, 0.4) is 0 Å². The highest BCUT2D eigenvalue weighted by atomic mass is 16.4. The van der Waals surface area contributed by atoms with Crippen LogP contribution in [0.15, 0.2) is 67.3 Å². The van der Waals surface area contributed by atoms with Crippen LogP contribution in [-0.2, 0) is 9.59 Å². The van der Waals surface area contributed by atoms with Crippen LogP contribution in [-0.4, -0.2) is 41.5 Å². The molecule has 1 fully saturated rings. The van der Waals surface area contributed by atoms with Gasteiger partial charge in [-0.05, 0) is 49.9 Å². The number of likely N-dealkylation sites (tertiary alicyclic amines) is 1. The van der Waals surface area contributed by atoms with E-state index in [1.54, 1.807) is 0 Å². The molecule has 0 aliphatic carbocycles. The standard InChI is InChI=1S/C24H26N2.C2H2O4/c1-3-14-26-15-12-19(13-16-26)23-17-20-9-5-7-11-22(20)24(25-23)21-10-6-4-8-18(21)2;3-1(4)2(5)6/h3-11,17,19H,1,12-16H2,2H3;(H,3,4)(H,5,6)/p-2. The number of carbonyl (C=O) groups is 2. The van der Waals surface area contributed by atoms with Gasteiger partial charge in [-0.25, -0.2) is 0 Å². The van der Waals surface area contributed by atoms with E-state index in [0.29, 0.717) is 5.92 Å². The highest BCUT2D eigenvalue weighted by molar-refractivity contribution is 6.25.